The van der Waals surface area contributed by atoms with E-state index in [9.17, 15) is 23.7 Å². The van der Waals surface area contributed by atoms with Crippen LogP contribution in [0.5, 0.6) is 0 Å². The minimum Gasteiger partial charge on any atom is -0.480 e. The summed E-state index contributed by atoms with van der Waals surface area (Å²) in [7, 11) is 0. The van der Waals surface area contributed by atoms with Gasteiger partial charge in [0.1, 0.15) is 18.0 Å². The molecule has 0 saturated carbocycles. The predicted molar refractivity (Wildman–Crippen MR) is 58.5 cm³/mol. The zero-order valence-corrected chi connectivity index (χ0v) is 9.39. The third-order valence-corrected chi connectivity index (χ3v) is 2.24. The standard InChI is InChI=1S/C10H10F2N2O4/c1-2-13(5-9(15)16)8-4-6(11)3-7(12)10(8)14(17)18/h3-4H,2,5H2,1H3,(H,15,16). The van der Waals surface area contributed by atoms with E-state index in [4.69, 9.17) is 5.11 Å². The highest BCUT2D eigenvalue weighted by molar-refractivity contribution is 5.76. The van der Waals surface area contributed by atoms with Crippen molar-refractivity contribution in [3.05, 3.63) is 33.9 Å². The topological polar surface area (TPSA) is 83.7 Å². The van der Waals surface area contributed by atoms with Crippen molar-refractivity contribution >= 4 is 17.3 Å². The number of rotatable bonds is 5. The number of hydrogen-bond acceptors (Lipinski definition) is 4. The molecule has 1 N–H and O–H groups in total. The Balaban J connectivity index is 3.35. The largest absolute Gasteiger partial charge is 0.480 e. The molecule has 0 spiro atoms. The molecule has 98 valence electrons. The minimum atomic E-state index is -1.33. The first kappa shape index (κ1) is 13.8. The molecule has 0 heterocycles. The molecular formula is C10H10F2N2O4. The molecule has 0 atom stereocenters. The highest BCUT2D eigenvalue weighted by Gasteiger charge is 2.26. The molecule has 0 unspecified atom stereocenters. The van der Waals surface area contributed by atoms with Crippen LogP contribution in [0.4, 0.5) is 20.2 Å². The van der Waals surface area contributed by atoms with Crippen molar-refractivity contribution in [1.29, 1.82) is 0 Å². The van der Waals surface area contributed by atoms with E-state index in [1.807, 2.05) is 0 Å². The van der Waals surface area contributed by atoms with E-state index in [0.29, 0.717) is 6.07 Å². The van der Waals surface area contributed by atoms with Crippen molar-refractivity contribution < 1.29 is 23.6 Å². The van der Waals surface area contributed by atoms with Gasteiger partial charge < -0.3 is 10.0 Å². The fourth-order valence-corrected chi connectivity index (χ4v) is 1.50. The minimum absolute atomic E-state index is 0.0655. The predicted octanol–water partition coefficient (Wildman–Crippen LogP) is 1.78. The molecule has 0 saturated heterocycles. The summed E-state index contributed by atoms with van der Waals surface area (Å²) in [6, 6.07) is 1.13. The number of benzene rings is 1. The van der Waals surface area contributed by atoms with Crippen LogP contribution in [0.1, 0.15) is 6.92 Å². The van der Waals surface area contributed by atoms with Gasteiger partial charge >= 0.3 is 11.7 Å². The van der Waals surface area contributed by atoms with Crippen molar-refractivity contribution in [2.24, 2.45) is 0 Å². The normalized spacial score (nSPS) is 10.2. The number of carbonyl (C=O) groups is 1. The van der Waals surface area contributed by atoms with Crippen molar-refractivity contribution in [2.45, 2.75) is 6.92 Å². The van der Waals surface area contributed by atoms with Gasteiger partial charge in [0.15, 0.2) is 0 Å². The molecule has 0 aliphatic heterocycles. The van der Waals surface area contributed by atoms with Gasteiger partial charge in [-0.2, -0.15) is 4.39 Å². The lowest BCUT2D eigenvalue weighted by Gasteiger charge is -2.20. The third-order valence-electron chi connectivity index (χ3n) is 2.24. The Morgan fingerprint density at radius 2 is 2.11 bits per heavy atom. The van der Waals surface area contributed by atoms with Crippen LogP contribution >= 0.6 is 0 Å². The van der Waals surface area contributed by atoms with Gasteiger partial charge in [0.25, 0.3) is 0 Å². The molecule has 0 aliphatic carbocycles. The number of halogens is 2. The fraction of sp³-hybridized carbons (Fsp3) is 0.300. The molecule has 0 aromatic heterocycles. The Morgan fingerprint density at radius 3 is 2.56 bits per heavy atom. The van der Waals surface area contributed by atoms with Gasteiger partial charge in [0, 0.05) is 18.7 Å². The summed E-state index contributed by atoms with van der Waals surface area (Å²) in [4.78, 5) is 21.3. The average molecular weight is 260 g/mol. The van der Waals surface area contributed by atoms with Gasteiger partial charge in [0.05, 0.1) is 4.92 Å². The number of nitro groups is 1. The summed E-state index contributed by atoms with van der Waals surface area (Å²) in [5.41, 5.74) is -1.32. The highest BCUT2D eigenvalue weighted by Crippen LogP contribution is 2.31. The molecule has 0 bridgehead atoms. The number of hydrogen-bond donors (Lipinski definition) is 1. The molecular weight excluding hydrogens is 250 g/mol. The summed E-state index contributed by atoms with van der Waals surface area (Å²) in [5.74, 6) is -3.59. The lowest BCUT2D eigenvalue weighted by atomic mass is 10.2. The number of nitro benzene ring substituents is 1. The van der Waals surface area contributed by atoms with Crippen LogP contribution in [-0.4, -0.2) is 29.1 Å². The third kappa shape index (κ3) is 2.90. The molecule has 6 nitrogen and oxygen atoms in total. The summed E-state index contributed by atoms with van der Waals surface area (Å²) in [6.45, 7) is 1.01. The maximum absolute atomic E-state index is 13.3. The molecule has 0 radical (unpaired) electrons. The zero-order chi connectivity index (χ0) is 13.9. The number of carboxylic acid groups (broad SMARTS) is 1. The first-order valence-electron chi connectivity index (χ1n) is 4.97. The van der Waals surface area contributed by atoms with Crippen LogP contribution < -0.4 is 4.90 Å². The zero-order valence-electron chi connectivity index (χ0n) is 9.39. The molecule has 0 amide bonds. The van der Waals surface area contributed by atoms with Gasteiger partial charge in [-0.25, -0.2) is 4.39 Å². The van der Waals surface area contributed by atoms with Crippen LogP contribution in [-0.2, 0) is 4.79 Å². The highest BCUT2D eigenvalue weighted by atomic mass is 19.1. The molecule has 1 aromatic carbocycles. The Hall–Kier alpha value is -2.25. The molecule has 1 aromatic rings. The molecule has 18 heavy (non-hydrogen) atoms. The maximum Gasteiger partial charge on any atom is 0.328 e. The summed E-state index contributed by atoms with van der Waals surface area (Å²) < 4.78 is 26.4. The van der Waals surface area contributed by atoms with Gasteiger partial charge in [-0.3, -0.25) is 14.9 Å². The Morgan fingerprint density at radius 1 is 1.50 bits per heavy atom. The molecule has 0 fully saturated rings. The van der Waals surface area contributed by atoms with Gasteiger partial charge in [-0.1, -0.05) is 0 Å². The van der Waals surface area contributed by atoms with Crippen LogP contribution in [0.2, 0.25) is 0 Å². The molecule has 8 heteroatoms. The fourth-order valence-electron chi connectivity index (χ4n) is 1.50. The van der Waals surface area contributed by atoms with E-state index < -0.39 is 34.8 Å². The SMILES string of the molecule is CCN(CC(=O)O)c1cc(F)cc(F)c1[N+](=O)[O-]. The van der Waals surface area contributed by atoms with E-state index in [-0.39, 0.29) is 12.2 Å². The monoisotopic (exact) mass is 260 g/mol. The second-order valence-corrected chi connectivity index (χ2v) is 3.42. The maximum atomic E-state index is 13.3. The number of anilines is 1. The van der Waals surface area contributed by atoms with Gasteiger partial charge in [0.2, 0.25) is 5.82 Å². The summed E-state index contributed by atoms with van der Waals surface area (Å²) >= 11 is 0. The van der Waals surface area contributed by atoms with Crippen molar-refractivity contribution in [2.75, 3.05) is 18.0 Å². The second kappa shape index (κ2) is 5.39. The molecule has 1 rings (SSSR count). The first-order valence-corrected chi connectivity index (χ1v) is 4.97. The number of nitrogens with zero attached hydrogens (tertiary/aromatic N) is 2. The second-order valence-electron chi connectivity index (χ2n) is 3.42. The van der Waals surface area contributed by atoms with Gasteiger partial charge in [-0.15, -0.1) is 0 Å². The lowest BCUT2D eigenvalue weighted by Crippen LogP contribution is -2.30. The lowest BCUT2D eigenvalue weighted by molar-refractivity contribution is -0.386. The van der Waals surface area contributed by atoms with Crippen LogP contribution in [0.3, 0.4) is 0 Å². The van der Waals surface area contributed by atoms with E-state index in [1.54, 1.807) is 0 Å². The number of likely N-dealkylation sites (N-methyl/N-ethyl adjacent to an activating group) is 1. The van der Waals surface area contributed by atoms with Crippen LogP contribution in [0.25, 0.3) is 0 Å². The van der Waals surface area contributed by atoms with Gasteiger partial charge in [-0.05, 0) is 6.92 Å². The van der Waals surface area contributed by atoms with E-state index in [2.05, 4.69) is 0 Å². The number of aliphatic carboxylic acids is 1. The summed E-state index contributed by atoms with van der Waals surface area (Å²) in [5, 5.41) is 19.4. The van der Waals surface area contributed by atoms with Crippen molar-refractivity contribution in [3.8, 4) is 0 Å². The first-order chi connectivity index (χ1) is 8.36. The Bertz CT molecular complexity index is 493. The average Bonchev–Trinajstić information content (AvgIpc) is 2.23. The van der Waals surface area contributed by atoms with Crippen LogP contribution in [0, 0.1) is 21.7 Å². The van der Waals surface area contributed by atoms with Crippen molar-refractivity contribution in [3.63, 3.8) is 0 Å². The van der Waals surface area contributed by atoms with Crippen molar-refractivity contribution in [1.82, 2.24) is 0 Å². The Kier molecular flexibility index (Phi) is 4.13. The van der Waals surface area contributed by atoms with Crippen LogP contribution in [0.15, 0.2) is 12.1 Å². The smallest absolute Gasteiger partial charge is 0.328 e. The van der Waals surface area contributed by atoms with E-state index >= 15 is 0 Å². The van der Waals surface area contributed by atoms with E-state index in [0.717, 1.165) is 11.0 Å². The Labute approximate surface area is 101 Å². The number of carboxylic acids is 1. The molecule has 0 aliphatic rings. The van der Waals surface area contributed by atoms with E-state index in [1.165, 1.54) is 6.92 Å². The summed E-state index contributed by atoms with van der Waals surface area (Å²) in [6.07, 6.45) is 0. The quantitative estimate of drug-likeness (QED) is 0.644.